The Bertz CT molecular complexity index is 883. The first kappa shape index (κ1) is 17.5. The molecule has 28 heavy (non-hydrogen) atoms. The molecule has 5 rings (SSSR count). The first-order valence-electron chi connectivity index (χ1n) is 10.4. The summed E-state index contributed by atoms with van der Waals surface area (Å²) in [6.07, 6.45) is 5.29. The number of nitrogens with one attached hydrogen (secondary N) is 1. The summed E-state index contributed by atoms with van der Waals surface area (Å²) in [5, 5.41) is 7.82. The predicted octanol–water partition coefficient (Wildman–Crippen LogP) is 2.81. The van der Waals surface area contributed by atoms with E-state index in [4.69, 9.17) is 5.10 Å². The number of benzene rings is 1. The van der Waals surface area contributed by atoms with Crippen LogP contribution in [0, 0.1) is 5.92 Å². The average Bonchev–Trinajstić information content (AvgIpc) is 3.64. The van der Waals surface area contributed by atoms with Gasteiger partial charge in [-0.25, -0.2) is 0 Å². The Hall–Kier alpha value is -2.63. The number of aromatic nitrogens is 2. The van der Waals surface area contributed by atoms with Gasteiger partial charge >= 0.3 is 0 Å². The van der Waals surface area contributed by atoms with Gasteiger partial charge in [0.15, 0.2) is 0 Å². The Labute approximate surface area is 164 Å². The Balaban J connectivity index is 1.17. The zero-order chi connectivity index (χ0) is 19.1. The Morgan fingerprint density at radius 2 is 1.86 bits per heavy atom. The quantitative estimate of drug-likeness (QED) is 0.806. The molecule has 3 fully saturated rings. The maximum atomic E-state index is 12.6. The topological polar surface area (TPSA) is 67.2 Å². The Morgan fingerprint density at radius 3 is 2.57 bits per heavy atom. The molecule has 1 atom stereocenters. The second kappa shape index (κ2) is 7.08. The Kier molecular flexibility index (Phi) is 4.41. The van der Waals surface area contributed by atoms with Crippen molar-refractivity contribution in [1.29, 1.82) is 0 Å². The lowest BCUT2D eigenvalue weighted by Crippen LogP contribution is -2.35. The van der Waals surface area contributed by atoms with E-state index in [0.717, 1.165) is 5.69 Å². The van der Waals surface area contributed by atoms with Crippen LogP contribution < -0.4 is 10.2 Å². The molecule has 0 bridgehead atoms. The van der Waals surface area contributed by atoms with Gasteiger partial charge < -0.3 is 10.2 Å². The van der Waals surface area contributed by atoms with Crippen LogP contribution in [0.15, 0.2) is 36.4 Å². The summed E-state index contributed by atoms with van der Waals surface area (Å²) >= 11 is 0. The van der Waals surface area contributed by atoms with Crippen molar-refractivity contribution < 1.29 is 9.59 Å². The van der Waals surface area contributed by atoms with Crippen molar-refractivity contribution in [3.63, 3.8) is 0 Å². The van der Waals surface area contributed by atoms with Crippen LogP contribution in [0.2, 0.25) is 0 Å². The highest BCUT2D eigenvalue weighted by Gasteiger charge is 2.35. The van der Waals surface area contributed by atoms with Crippen molar-refractivity contribution in [3.05, 3.63) is 47.8 Å². The van der Waals surface area contributed by atoms with Crippen molar-refractivity contribution in [2.75, 3.05) is 18.0 Å². The van der Waals surface area contributed by atoms with Gasteiger partial charge in [0, 0.05) is 42.7 Å². The van der Waals surface area contributed by atoms with Gasteiger partial charge in [0.2, 0.25) is 11.8 Å². The molecule has 1 unspecified atom stereocenters. The van der Waals surface area contributed by atoms with Crippen molar-refractivity contribution in [1.82, 2.24) is 15.1 Å². The van der Waals surface area contributed by atoms with Gasteiger partial charge in [-0.1, -0.05) is 18.2 Å². The fourth-order valence-electron chi connectivity index (χ4n) is 4.09. The molecule has 6 heteroatoms. The fraction of sp³-hybridized carbons (Fsp3) is 0.500. The highest BCUT2D eigenvalue weighted by Crippen LogP contribution is 2.44. The largest absolute Gasteiger partial charge is 0.354 e. The summed E-state index contributed by atoms with van der Waals surface area (Å²) in [4.78, 5) is 26.6. The summed E-state index contributed by atoms with van der Waals surface area (Å²) < 4.78 is 2.10. The van der Waals surface area contributed by atoms with Gasteiger partial charge in [0.25, 0.3) is 0 Å². The van der Waals surface area contributed by atoms with Gasteiger partial charge in [-0.3, -0.25) is 14.3 Å². The molecule has 1 aromatic carbocycles. The monoisotopic (exact) mass is 378 g/mol. The lowest BCUT2D eigenvalue weighted by molar-refractivity contribution is -0.126. The molecule has 0 radical (unpaired) electrons. The normalized spacial score (nSPS) is 21.9. The van der Waals surface area contributed by atoms with Crippen LogP contribution in [0.4, 0.5) is 5.69 Å². The van der Waals surface area contributed by atoms with Gasteiger partial charge in [0.05, 0.1) is 18.2 Å². The zero-order valence-corrected chi connectivity index (χ0v) is 16.0. The molecule has 2 aliphatic carbocycles. The lowest BCUT2D eigenvalue weighted by Gasteiger charge is -2.16. The third-order valence-corrected chi connectivity index (χ3v) is 6.01. The lowest BCUT2D eigenvalue weighted by atomic mass is 10.1. The minimum absolute atomic E-state index is 0.0171. The molecule has 1 aromatic heterocycles. The van der Waals surface area contributed by atoms with E-state index in [9.17, 15) is 9.59 Å². The van der Waals surface area contributed by atoms with Gasteiger partial charge in [-0.05, 0) is 43.9 Å². The number of hydrogen-bond acceptors (Lipinski definition) is 3. The van der Waals surface area contributed by atoms with E-state index in [2.05, 4.69) is 16.1 Å². The number of anilines is 1. The second-order valence-electron chi connectivity index (χ2n) is 8.30. The highest BCUT2D eigenvalue weighted by molar-refractivity contribution is 6.00. The number of rotatable bonds is 7. The summed E-state index contributed by atoms with van der Waals surface area (Å²) in [5.41, 5.74) is 3.43. The summed E-state index contributed by atoms with van der Waals surface area (Å²) in [5.74, 6) is 1.01. The van der Waals surface area contributed by atoms with Crippen LogP contribution in [-0.4, -0.2) is 34.7 Å². The second-order valence-corrected chi connectivity index (χ2v) is 8.30. The molecule has 146 valence electrons. The van der Waals surface area contributed by atoms with Gasteiger partial charge in [-0.15, -0.1) is 0 Å². The summed E-state index contributed by atoms with van der Waals surface area (Å²) in [6, 6.07) is 11.8. The number of nitrogens with zero attached hydrogens (tertiary/aromatic N) is 3. The maximum Gasteiger partial charge on any atom is 0.227 e. The number of carbonyl (C=O) groups excluding carboxylic acids is 2. The molecule has 1 N–H and O–H groups in total. The molecule has 2 heterocycles. The van der Waals surface area contributed by atoms with Crippen LogP contribution in [0.5, 0.6) is 0 Å². The molecule has 0 spiro atoms. The number of carbonyl (C=O) groups is 2. The average molecular weight is 378 g/mol. The van der Waals surface area contributed by atoms with E-state index < -0.39 is 0 Å². The molecule has 1 aliphatic heterocycles. The van der Waals surface area contributed by atoms with Crippen molar-refractivity contribution in [2.45, 2.75) is 50.5 Å². The van der Waals surface area contributed by atoms with Crippen LogP contribution in [0.3, 0.4) is 0 Å². The van der Waals surface area contributed by atoms with Gasteiger partial charge in [-0.2, -0.15) is 5.10 Å². The highest BCUT2D eigenvalue weighted by atomic mass is 16.2. The molecule has 6 nitrogen and oxygen atoms in total. The standard InChI is InChI=1S/C22H26N4O2/c27-21-12-17(14-25(21)18-4-2-1-3-5-18)22(28)23-10-11-26-20(16-8-9-16)13-19(24-26)15-6-7-15/h1-5,13,15-17H,6-12,14H2,(H,23,28). The predicted molar refractivity (Wildman–Crippen MR) is 106 cm³/mol. The molecule has 1 saturated heterocycles. The molecule has 2 aromatic rings. The Morgan fingerprint density at radius 1 is 1.11 bits per heavy atom. The van der Waals surface area contributed by atoms with E-state index in [-0.39, 0.29) is 24.2 Å². The van der Waals surface area contributed by atoms with E-state index in [1.54, 1.807) is 4.90 Å². The minimum Gasteiger partial charge on any atom is -0.354 e. The van der Waals surface area contributed by atoms with E-state index in [0.29, 0.717) is 31.5 Å². The molecular formula is C22H26N4O2. The van der Waals surface area contributed by atoms with Crippen LogP contribution >= 0.6 is 0 Å². The summed E-state index contributed by atoms with van der Waals surface area (Å²) in [6.45, 7) is 1.71. The van der Waals surface area contributed by atoms with Crippen LogP contribution in [0.25, 0.3) is 0 Å². The summed E-state index contributed by atoms with van der Waals surface area (Å²) in [7, 11) is 0. The molecule has 3 aliphatic rings. The van der Waals surface area contributed by atoms with Crippen molar-refractivity contribution >= 4 is 17.5 Å². The number of para-hydroxylation sites is 1. The number of amides is 2. The third-order valence-electron chi connectivity index (χ3n) is 6.01. The molecule has 2 saturated carbocycles. The molecule has 2 amide bonds. The minimum atomic E-state index is -0.282. The smallest absolute Gasteiger partial charge is 0.227 e. The van der Waals surface area contributed by atoms with Gasteiger partial charge in [0.1, 0.15) is 0 Å². The first-order valence-corrected chi connectivity index (χ1v) is 10.4. The third kappa shape index (κ3) is 3.55. The van der Waals surface area contributed by atoms with E-state index in [1.165, 1.54) is 37.1 Å². The molecular weight excluding hydrogens is 352 g/mol. The van der Waals surface area contributed by atoms with Crippen LogP contribution in [-0.2, 0) is 16.1 Å². The SMILES string of the molecule is O=C(NCCn1nc(C2CC2)cc1C1CC1)C1CC(=O)N(c2ccccc2)C1. The van der Waals surface area contributed by atoms with E-state index >= 15 is 0 Å². The van der Waals surface area contributed by atoms with Crippen molar-refractivity contribution in [3.8, 4) is 0 Å². The maximum absolute atomic E-state index is 12.6. The van der Waals surface area contributed by atoms with Crippen LogP contribution in [0.1, 0.15) is 55.3 Å². The fourth-order valence-corrected chi connectivity index (χ4v) is 4.09. The zero-order valence-electron chi connectivity index (χ0n) is 16.0. The van der Waals surface area contributed by atoms with Crippen molar-refractivity contribution in [2.24, 2.45) is 5.92 Å². The first-order chi connectivity index (χ1) is 13.7. The number of hydrogen-bond donors (Lipinski definition) is 1. The van der Waals surface area contributed by atoms with E-state index in [1.807, 2.05) is 30.3 Å².